The fourth-order valence-corrected chi connectivity index (χ4v) is 2.90. The Hall–Kier alpha value is -2.31. The highest BCUT2D eigenvalue weighted by Gasteiger charge is 2.44. The van der Waals surface area contributed by atoms with Crippen LogP contribution in [0, 0.1) is 17.6 Å². The Kier molecular flexibility index (Phi) is 4.59. The van der Waals surface area contributed by atoms with E-state index in [2.05, 4.69) is 15.5 Å². The number of nitrogens with one attached hydrogen (secondary N) is 1. The van der Waals surface area contributed by atoms with Crippen LogP contribution in [0.5, 0.6) is 0 Å². The van der Waals surface area contributed by atoms with Gasteiger partial charge in [0.15, 0.2) is 11.6 Å². The summed E-state index contributed by atoms with van der Waals surface area (Å²) in [5, 5.41) is 10.8. The second kappa shape index (κ2) is 6.67. The predicted octanol–water partition coefficient (Wildman–Crippen LogP) is 2.60. The van der Waals surface area contributed by atoms with Crippen molar-refractivity contribution in [2.24, 2.45) is 5.92 Å². The van der Waals surface area contributed by atoms with E-state index >= 15 is 0 Å². The van der Waals surface area contributed by atoms with Crippen LogP contribution in [0.4, 0.5) is 8.78 Å². The minimum atomic E-state index is -0.869. The van der Waals surface area contributed by atoms with Gasteiger partial charge in [-0.2, -0.15) is 0 Å². The number of rotatable bonds is 6. The zero-order chi connectivity index (χ0) is 17.3. The molecule has 1 aliphatic rings. The number of carbonyl (C=O) groups is 1. The maximum absolute atomic E-state index is 13.3. The third-order valence-corrected chi connectivity index (χ3v) is 4.35. The monoisotopic (exact) mass is 334 g/mol. The number of hydrogen-bond acceptors (Lipinski definition) is 3. The summed E-state index contributed by atoms with van der Waals surface area (Å²) in [6, 6.07) is 4.10. The van der Waals surface area contributed by atoms with Crippen molar-refractivity contribution in [2.45, 2.75) is 38.6 Å². The van der Waals surface area contributed by atoms with Crippen LogP contribution in [0.15, 0.2) is 24.5 Å². The maximum Gasteiger partial charge on any atom is 0.223 e. The molecular formula is C17H20F2N4O. The molecular weight excluding hydrogens is 314 g/mol. The number of nitrogens with zero attached hydrogens (tertiary/aromatic N) is 3. The topological polar surface area (TPSA) is 59.8 Å². The van der Waals surface area contributed by atoms with Gasteiger partial charge in [-0.05, 0) is 43.9 Å². The van der Waals surface area contributed by atoms with Gasteiger partial charge in [0.05, 0.1) is 0 Å². The zero-order valence-corrected chi connectivity index (χ0v) is 13.7. The highest BCUT2D eigenvalue weighted by molar-refractivity contribution is 5.82. The van der Waals surface area contributed by atoms with Crippen LogP contribution in [0.2, 0.25) is 0 Å². The third kappa shape index (κ3) is 3.44. The standard InChI is InChI=1S/C17H20F2N4O/c1-10(2)23-9-21-22-16(23)5-6-20-17(24)13-8-12(13)11-3-4-14(18)15(19)7-11/h3-4,7,9-10,12-13H,5-6,8H2,1-2H3,(H,20,24). The Balaban J connectivity index is 1.50. The molecule has 0 bridgehead atoms. The molecule has 7 heteroatoms. The van der Waals surface area contributed by atoms with Crippen LogP contribution in [0.25, 0.3) is 0 Å². The van der Waals surface area contributed by atoms with Crippen LogP contribution in [0.1, 0.15) is 43.6 Å². The van der Waals surface area contributed by atoms with Crippen molar-refractivity contribution in [1.29, 1.82) is 0 Å². The molecule has 1 saturated carbocycles. The Labute approximate surface area is 139 Å². The minimum absolute atomic E-state index is 0.0283. The first-order valence-electron chi connectivity index (χ1n) is 8.08. The van der Waals surface area contributed by atoms with Crippen LogP contribution in [0.3, 0.4) is 0 Å². The molecule has 1 aliphatic carbocycles. The molecule has 1 heterocycles. The zero-order valence-electron chi connectivity index (χ0n) is 13.7. The second-order valence-electron chi connectivity index (χ2n) is 6.41. The van der Waals surface area contributed by atoms with Gasteiger partial charge < -0.3 is 9.88 Å². The molecule has 24 heavy (non-hydrogen) atoms. The highest BCUT2D eigenvalue weighted by atomic mass is 19.2. The summed E-state index contributed by atoms with van der Waals surface area (Å²) >= 11 is 0. The van der Waals surface area contributed by atoms with E-state index in [0.29, 0.717) is 24.9 Å². The largest absolute Gasteiger partial charge is 0.355 e. The highest BCUT2D eigenvalue weighted by Crippen LogP contribution is 2.47. The van der Waals surface area contributed by atoms with Gasteiger partial charge in [0.25, 0.3) is 0 Å². The maximum atomic E-state index is 13.3. The van der Waals surface area contributed by atoms with Gasteiger partial charge in [0.2, 0.25) is 5.91 Å². The Bertz CT molecular complexity index is 744. The van der Waals surface area contributed by atoms with E-state index in [9.17, 15) is 13.6 Å². The number of hydrogen-bond donors (Lipinski definition) is 1. The van der Waals surface area contributed by atoms with Gasteiger partial charge >= 0.3 is 0 Å². The molecule has 1 amide bonds. The Morgan fingerprint density at radius 2 is 2.17 bits per heavy atom. The van der Waals surface area contributed by atoms with E-state index in [-0.39, 0.29) is 23.8 Å². The van der Waals surface area contributed by atoms with Gasteiger partial charge in [-0.25, -0.2) is 8.78 Å². The summed E-state index contributed by atoms with van der Waals surface area (Å²) in [5.74, 6) is -1.16. The average Bonchev–Trinajstić information content (AvgIpc) is 3.20. The van der Waals surface area contributed by atoms with Crippen LogP contribution in [-0.4, -0.2) is 27.2 Å². The lowest BCUT2D eigenvalue weighted by Gasteiger charge is -2.10. The molecule has 0 radical (unpaired) electrons. The molecule has 3 rings (SSSR count). The molecule has 5 nitrogen and oxygen atoms in total. The van der Waals surface area contributed by atoms with Crippen molar-refractivity contribution in [3.05, 3.63) is 47.5 Å². The molecule has 2 atom stereocenters. The van der Waals surface area contributed by atoms with Crippen LogP contribution >= 0.6 is 0 Å². The molecule has 0 spiro atoms. The second-order valence-corrected chi connectivity index (χ2v) is 6.41. The van der Waals surface area contributed by atoms with E-state index in [1.807, 2.05) is 18.4 Å². The van der Waals surface area contributed by atoms with Crippen molar-refractivity contribution in [1.82, 2.24) is 20.1 Å². The van der Waals surface area contributed by atoms with Crippen LogP contribution in [-0.2, 0) is 11.2 Å². The van der Waals surface area contributed by atoms with Crippen molar-refractivity contribution in [3.8, 4) is 0 Å². The SMILES string of the molecule is CC(C)n1cnnc1CCNC(=O)C1CC1c1ccc(F)c(F)c1. The Morgan fingerprint density at radius 1 is 1.38 bits per heavy atom. The molecule has 1 fully saturated rings. The van der Waals surface area contributed by atoms with E-state index < -0.39 is 11.6 Å². The summed E-state index contributed by atoms with van der Waals surface area (Å²) in [5.41, 5.74) is 0.675. The van der Waals surface area contributed by atoms with E-state index in [1.165, 1.54) is 6.07 Å². The van der Waals surface area contributed by atoms with Gasteiger partial charge in [-0.15, -0.1) is 10.2 Å². The molecule has 1 N–H and O–H groups in total. The average molecular weight is 334 g/mol. The lowest BCUT2D eigenvalue weighted by Crippen LogP contribution is -2.28. The summed E-state index contributed by atoms with van der Waals surface area (Å²) in [4.78, 5) is 12.2. The van der Waals surface area contributed by atoms with E-state index in [1.54, 1.807) is 12.4 Å². The third-order valence-electron chi connectivity index (χ3n) is 4.35. The van der Waals surface area contributed by atoms with Crippen molar-refractivity contribution in [3.63, 3.8) is 0 Å². The number of benzene rings is 1. The number of halogens is 2. The van der Waals surface area contributed by atoms with Gasteiger partial charge in [0.1, 0.15) is 12.2 Å². The molecule has 0 aliphatic heterocycles. The van der Waals surface area contributed by atoms with E-state index in [0.717, 1.165) is 11.9 Å². The molecule has 2 unspecified atom stereocenters. The Morgan fingerprint density at radius 3 is 2.88 bits per heavy atom. The number of carbonyl (C=O) groups excluding carboxylic acids is 1. The minimum Gasteiger partial charge on any atom is -0.355 e. The summed E-state index contributed by atoms with van der Waals surface area (Å²) in [7, 11) is 0. The first-order valence-corrected chi connectivity index (χ1v) is 8.08. The van der Waals surface area contributed by atoms with Gasteiger partial charge in [-0.3, -0.25) is 4.79 Å². The quantitative estimate of drug-likeness (QED) is 0.883. The van der Waals surface area contributed by atoms with Crippen molar-refractivity contribution < 1.29 is 13.6 Å². The smallest absolute Gasteiger partial charge is 0.223 e. The van der Waals surface area contributed by atoms with Crippen molar-refractivity contribution >= 4 is 5.91 Å². The molecule has 1 aromatic carbocycles. The fraction of sp³-hybridized carbons (Fsp3) is 0.471. The van der Waals surface area contributed by atoms with E-state index in [4.69, 9.17) is 0 Å². The number of amides is 1. The first-order chi connectivity index (χ1) is 11.5. The van der Waals surface area contributed by atoms with Crippen molar-refractivity contribution in [2.75, 3.05) is 6.54 Å². The molecule has 2 aromatic rings. The predicted molar refractivity (Wildman–Crippen MR) is 84.3 cm³/mol. The number of aromatic nitrogens is 3. The molecule has 1 aromatic heterocycles. The summed E-state index contributed by atoms with van der Waals surface area (Å²) in [6.07, 6.45) is 2.95. The summed E-state index contributed by atoms with van der Waals surface area (Å²) < 4.78 is 28.2. The normalized spacial score (nSPS) is 19.5. The van der Waals surface area contributed by atoms with Crippen LogP contribution < -0.4 is 5.32 Å². The fourth-order valence-electron chi connectivity index (χ4n) is 2.90. The lowest BCUT2D eigenvalue weighted by atomic mass is 10.1. The molecule has 0 saturated heterocycles. The lowest BCUT2D eigenvalue weighted by molar-refractivity contribution is -0.122. The molecule has 128 valence electrons. The summed E-state index contributed by atoms with van der Waals surface area (Å²) in [6.45, 7) is 4.56. The first kappa shape index (κ1) is 16.5. The van der Waals surface area contributed by atoms with Gasteiger partial charge in [0, 0.05) is 24.9 Å². The van der Waals surface area contributed by atoms with Gasteiger partial charge in [-0.1, -0.05) is 6.07 Å².